The van der Waals surface area contributed by atoms with Crippen molar-refractivity contribution in [2.24, 2.45) is 0 Å². The minimum absolute atomic E-state index is 0.0189. The van der Waals surface area contributed by atoms with Gasteiger partial charge in [0.1, 0.15) is 12.6 Å². The number of aliphatic hydroxyl groups is 1. The van der Waals surface area contributed by atoms with Crippen molar-refractivity contribution >= 4 is 17.1 Å². The number of aliphatic hydroxyl groups excluding tert-OH is 1. The standard InChI is InChI=1S/C16H22N4O5/c1-24-13(22)4-2-3-7-19-9-18-15-14(16(19)23)17-10-20(15)12-6-5-11(8-21)25-12/h9-12,21H,2-8H2,1H3/t11-,12+/m0/s1. The Morgan fingerprint density at radius 2 is 2.20 bits per heavy atom. The summed E-state index contributed by atoms with van der Waals surface area (Å²) in [4.78, 5) is 32.2. The van der Waals surface area contributed by atoms with Gasteiger partial charge in [-0.3, -0.25) is 18.7 Å². The van der Waals surface area contributed by atoms with E-state index in [9.17, 15) is 14.7 Å². The second-order valence-electron chi connectivity index (χ2n) is 6.07. The van der Waals surface area contributed by atoms with E-state index in [1.54, 1.807) is 10.9 Å². The number of ether oxygens (including phenoxy) is 2. The summed E-state index contributed by atoms with van der Waals surface area (Å²) < 4.78 is 13.6. The molecule has 1 fully saturated rings. The molecule has 3 heterocycles. The number of hydrogen-bond acceptors (Lipinski definition) is 7. The molecule has 0 spiro atoms. The molecule has 1 N–H and O–H groups in total. The molecule has 1 aliphatic rings. The quantitative estimate of drug-likeness (QED) is 0.575. The molecule has 9 nitrogen and oxygen atoms in total. The lowest BCUT2D eigenvalue weighted by Crippen LogP contribution is -2.22. The summed E-state index contributed by atoms with van der Waals surface area (Å²) in [6.07, 6.45) is 5.78. The second kappa shape index (κ2) is 7.75. The predicted octanol–water partition coefficient (Wildman–Crippen LogP) is 0.606. The van der Waals surface area contributed by atoms with Gasteiger partial charge in [0.15, 0.2) is 11.2 Å². The fourth-order valence-electron chi connectivity index (χ4n) is 3.00. The van der Waals surface area contributed by atoms with Gasteiger partial charge in [-0.25, -0.2) is 9.97 Å². The molecule has 9 heteroatoms. The summed E-state index contributed by atoms with van der Waals surface area (Å²) in [5, 5.41) is 9.18. The first-order chi connectivity index (χ1) is 12.1. The highest BCUT2D eigenvalue weighted by atomic mass is 16.5. The molecule has 0 bridgehead atoms. The van der Waals surface area contributed by atoms with Crippen molar-refractivity contribution in [2.45, 2.75) is 51.0 Å². The normalized spacial score (nSPS) is 20.2. The molecule has 136 valence electrons. The third-order valence-corrected chi connectivity index (χ3v) is 4.41. The second-order valence-corrected chi connectivity index (χ2v) is 6.07. The molecule has 2 aromatic heterocycles. The maximum Gasteiger partial charge on any atom is 0.305 e. The molecule has 1 aliphatic heterocycles. The molecule has 0 unspecified atom stereocenters. The van der Waals surface area contributed by atoms with Gasteiger partial charge in [0.25, 0.3) is 5.56 Å². The molecule has 25 heavy (non-hydrogen) atoms. The van der Waals surface area contributed by atoms with E-state index in [0.717, 1.165) is 12.8 Å². The first-order valence-electron chi connectivity index (χ1n) is 8.39. The number of fused-ring (bicyclic) bond motifs is 1. The Hall–Kier alpha value is -2.26. The van der Waals surface area contributed by atoms with E-state index in [1.165, 1.54) is 18.0 Å². The van der Waals surface area contributed by atoms with E-state index in [2.05, 4.69) is 14.7 Å². The van der Waals surface area contributed by atoms with Crippen LogP contribution in [0.3, 0.4) is 0 Å². The summed E-state index contributed by atoms with van der Waals surface area (Å²) >= 11 is 0. The summed E-state index contributed by atoms with van der Waals surface area (Å²) in [6.45, 7) is 0.451. The zero-order valence-electron chi connectivity index (χ0n) is 14.1. The van der Waals surface area contributed by atoms with Crippen LogP contribution in [0.5, 0.6) is 0 Å². The number of imidazole rings is 1. The van der Waals surface area contributed by atoms with Crippen LogP contribution < -0.4 is 5.56 Å². The van der Waals surface area contributed by atoms with Gasteiger partial charge in [-0.05, 0) is 25.7 Å². The highest BCUT2D eigenvalue weighted by Gasteiger charge is 2.27. The maximum atomic E-state index is 12.5. The van der Waals surface area contributed by atoms with E-state index in [1.807, 2.05) is 0 Å². The fraction of sp³-hybridized carbons (Fsp3) is 0.625. The van der Waals surface area contributed by atoms with Gasteiger partial charge in [0.05, 0.1) is 26.1 Å². The van der Waals surface area contributed by atoms with Crippen molar-refractivity contribution in [3.8, 4) is 0 Å². The Morgan fingerprint density at radius 1 is 1.36 bits per heavy atom. The molecule has 2 atom stereocenters. The monoisotopic (exact) mass is 350 g/mol. The zero-order valence-corrected chi connectivity index (χ0v) is 14.1. The van der Waals surface area contributed by atoms with E-state index < -0.39 is 0 Å². The van der Waals surface area contributed by atoms with Gasteiger partial charge in [-0.1, -0.05) is 0 Å². The number of esters is 1. The van der Waals surface area contributed by atoms with Crippen molar-refractivity contribution in [1.29, 1.82) is 0 Å². The largest absolute Gasteiger partial charge is 0.469 e. The molecule has 2 aromatic rings. The zero-order chi connectivity index (χ0) is 17.8. The topological polar surface area (TPSA) is 108 Å². The summed E-state index contributed by atoms with van der Waals surface area (Å²) in [7, 11) is 1.36. The first-order valence-corrected chi connectivity index (χ1v) is 8.39. The van der Waals surface area contributed by atoms with Crippen molar-refractivity contribution in [1.82, 2.24) is 19.1 Å². The van der Waals surface area contributed by atoms with Crippen LogP contribution in [-0.4, -0.2) is 50.0 Å². The van der Waals surface area contributed by atoms with Gasteiger partial charge in [0.2, 0.25) is 0 Å². The molecule has 0 radical (unpaired) electrons. The van der Waals surface area contributed by atoms with Crippen LogP contribution in [0, 0.1) is 0 Å². The number of nitrogens with zero attached hydrogens (tertiary/aromatic N) is 4. The van der Waals surface area contributed by atoms with Gasteiger partial charge in [-0.15, -0.1) is 0 Å². The average molecular weight is 350 g/mol. The minimum Gasteiger partial charge on any atom is -0.469 e. The summed E-state index contributed by atoms with van der Waals surface area (Å²) in [5.74, 6) is -0.252. The van der Waals surface area contributed by atoms with E-state index >= 15 is 0 Å². The fourth-order valence-corrected chi connectivity index (χ4v) is 3.00. The van der Waals surface area contributed by atoms with Crippen molar-refractivity contribution in [3.05, 3.63) is 23.0 Å². The smallest absolute Gasteiger partial charge is 0.305 e. The highest BCUT2D eigenvalue weighted by molar-refractivity contribution is 5.69. The third-order valence-electron chi connectivity index (χ3n) is 4.41. The average Bonchev–Trinajstić information content (AvgIpc) is 3.26. The lowest BCUT2D eigenvalue weighted by atomic mass is 10.2. The summed E-state index contributed by atoms with van der Waals surface area (Å²) in [6, 6.07) is 0. The number of aromatic nitrogens is 4. The Labute approximate surface area is 144 Å². The Morgan fingerprint density at radius 3 is 2.92 bits per heavy atom. The minimum atomic E-state index is -0.259. The number of carbonyl (C=O) groups is 1. The van der Waals surface area contributed by atoms with Gasteiger partial charge < -0.3 is 14.6 Å². The van der Waals surface area contributed by atoms with Gasteiger partial charge in [-0.2, -0.15) is 0 Å². The number of carbonyl (C=O) groups excluding carboxylic acids is 1. The maximum absolute atomic E-state index is 12.5. The van der Waals surface area contributed by atoms with Crippen LogP contribution in [-0.2, 0) is 20.8 Å². The van der Waals surface area contributed by atoms with Crippen molar-refractivity contribution in [2.75, 3.05) is 13.7 Å². The Balaban J connectivity index is 1.71. The molecule has 0 aromatic carbocycles. The van der Waals surface area contributed by atoms with E-state index in [0.29, 0.717) is 37.0 Å². The molecular weight excluding hydrogens is 328 g/mol. The van der Waals surface area contributed by atoms with Crippen molar-refractivity contribution in [3.63, 3.8) is 0 Å². The van der Waals surface area contributed by atoms with Crippen LogP contribution in [0.25, 0.3) is 11.2 Å². The SMILES string of the molecule is COC(=O)CCCCn1cnc2c(ncn2[C@H]2CC[C@@H](CO)O2)c1=O. The molecule has 0 saturated carbocycles. The number of hydrogen-bond donors (Lipinski definition) is 1. The molecule has 1 saturated heterocycles. The number of unbranched alkanes of at least 4 members (excludes halogenated alkanes) is 1. The number of methoxy groups -OCH3 is 1. The number of aryl methyl sites for hydroxylation is 1. The van der Waals surface area contributed by atoms with Gasteiger partial charge >= 0.3 is 5.97 Å². The lowest BCUT2D eigenvalue weighted by molar-refractivity contribution is -0.140. The van der Waals surface area contributed by atoms with E-state index in [-0.39, 0.29) is 30.5 Å². The van der Waals surface area contributed by atoms with Crippen LogP contribution >= 0.6 is 0 Å². The van der Waals surface area contributed by atoms with Gasteiger partial charge in [0, 0.05) is 13.0 Å². The molecular formula is C16H22N4O5. The lowest BCUT2D eigenvalue weighted by Gasteiger charge is -2.14. The van der Waals surface area contributed by atoms with Crippen molar-refractivity contribution < 1.29 is 19.4 Å². The predicted molar refractivity (Wildman–Crippen MR) is 87.9 cm³/mol. The summed E-state index contributed by atoms with van der Waals surface area (Å²) in [5.41, 5.74) is 0.574. The Bertz CT molecular complexity index is 799. The van der Waals surface area contributed by atoms with Crippen LogP contribution in [0.1, 0.15) is 38.3 Å². The highest BCUT2D eigenvalue weighted by Crippen LogP contribution is 2.29. The molecule has 3 rings (SSSR count). The number of rotatable bonds is 7. The van der Waals surface area contributed by atoms with E-state index in [4.69, 9.17) is 4.74 Å². The van der Waals surface area contributed by atoms with Crippen LogP contribution in [0.15, 0.2) is 17.4 Å². The Kier molecular flexibility index (Phi) is 5.44. The van der Waals surface area contributed by atoms with Crippen LogP contribution in [0.4, 0.5) is 0 Å². The van der Waals surface area contributed by atoms with Crippen LogP contribution in [0.2, 0.25) is 0 Å². The first kappa shape index (κ1) is 17.6. The molecule has 0 aliphatic carbocycles. The molecule has 0 amide bonds. The third kappa shape index (κ3) is 3.72.